The Balaban J connectivity index is 1.72. The topological polar surface area (TPSA) is 39.1 Å². The summed E-state index contributed by atoms with van der Waals surface area (Å²) in [6, 6.07) is 28.0. The molecule has 0 bridgehead atoms. The number of Topliss-reactive ketones (excluding diaryl/α,β-unsaturated/α-hetero) is 2. The zero-order valence-corrected chi connectivity index (χ0v) is 19.3. The summed E-state index contributed by atoms with van der Waals surface area (Å²) < 4.78 is 3.17. The molecule has 5 rings (SSSR count). The van der Waals surface area contributed by atoms with E-state index in [9.17, 15) is 9.59 Å². The molecule has 4 aromatic rings. The molecular formula is C28H22BrNO2. The number of hydrogen-bond acceptors (Lipinski definition) is 2. The van der Waals surface area contributed by atoms with E-state index in [-0.39, 0.29) is 17.5 Å². The number of halogens is 1. The van der Waals surface area contributed by atoms with Gasteiger partial charge in [0.2, 0.25) is 0 Å². The van der Waals surface area contributed by atoms with E-state index in [1.807, 2.05) is 60.7 Å². The van der Waals surface area contributed by atoms with Gasteiger partial charge in [-0.2, -0.15) is 0 Å². The summed E-state index contributed by atoms with van der Waals surface area (Å²) in [6.45, 7) is 1.58. The van der Waals surface area contributed by atoms with E-state index < -0.39 is 0 Å². The van der Waals surface area contributed by atoms with Gasteiger partial charge in [-0.3, -0.25) is 9.59 Å². The Bertz CT molecular complexity index is 1320. The molecule has 0 spiro atoms. The molecule has 0 radical (unpaired) electrons. The summed E-state index contributed by atoms with van der Waals surface area (Å²) >= 11 is 3.51. The lowest BCUT2D eigenvalue weighted by molar-refractivity contribution is 0.0962. The Labute approximate surface area is 195 Å². The van der Waals surface area contributed by atoms with Crippen LogP contribution in [-0.4, -0.2) is 16.1 Å². The fourth-order valence-electron chi connectivity index (χ4n) is 4.59. The molecule has 1 aliphatic rings. The lowest BCUT2D eigenvalue weighted by Crippen LogP contribution is -2.20. The van der Waals surface area contributed by atoms with Crippen LogP contribution in [0.4, 0.5) is 0 Å². The second kappa shape index (κ2) is 8.36. The van der Waals surface area contributed by atoms with Crippen molar-refractivity contribution in [2.75, 3.05) is 0 Å². The molecule has 3 aromatic carbocycles. The van der Waals surface area contributed by atoms with Gasteiger partial charge in [-0.05, 0) is 60.7 Å². The quantitative estimate of drug-likeness (QED) is 0.292. The van der Waals surface area contributed by atoms with E-state index in [0.717, 1.165) is 39.1 Å². The zero-order chi connectivity index (χ0) is 22.2. The molecular weight excluding hydrogens is 462 g/mol. The number of benzene rings is 3. The van der Waals surface area contributed by atoms with Crippen LogP contribution < -0.4 is 0 Å². The van der Waals surface area contributed by atoms with Gasteiger partial charge >= 0.3 is 0 Å². The first-order valence-electron chi connectivity index (χ1n) is 10.7. The highest BCUT2D eigenvalue weighted by atomic mass is 79.9. The van der Waals surface area contributed by atoms with Gasteiger partial charge in [-0.25, -0.2) is 0 Å². The SMILES string of the molecule is CC(=O)c1cccc(-n2c(-c3ccc(Br)cc3)cc3c2C[C@@H](c2ccccc2)CC3=O)c1. The maximum absolute atomic E-state index is 13.3. The predicted molar refractivity (Wildman–Crippen MR) is 131 cm³/mol. The lowest BCUT2D eigenvalue weighted by atomic mass is 9.82. The highest BCUT2D eigenvalue weighted by molar-refractivity contribution is 9.10. The molecule has 32 heavy (non-hydrogen) atoms. The molecule has 1 heterocycles. The Hall–Kier alpha value is -3.24. The molecule has 0 fully saturated rings. The summed E-state index contributed by atoms with van der Waals surface area (Å²) in [5, 5.41) is 0. The number of fused-ring (bicyclic) bond motifs is 1. The van der Waals surface area contributed by atoms with E-state index in [0.29, 0.717) is 12.0 Å². The van der Waals surface area contributed by atoms with Crippen LogP contribution in [0.25, 0.3) is 16.9 Å². The van der Waals surface area contributed by atoms with Crippen molar-refractivity contribution < 1.29 is 9.59 Å². The summed E-state index contributed by atoms with van der Waals surface area (Å²) in [5.74, 6) is 0.329. The van der Waals surface area contributed by atoms with Crippen molar-refractivity contribution in [2.24, 2.45) is 0 Å². The number of aromatic nitrogens is 1. The van der Waals surface area contributed by atoms with Crippen molar-refractivity contribution in [1.29, 1.82) is 0 Å². The van der Waals surface area contributed by atoms with E-state index >= 15 is 0 Å². The second-order valence-corrected chi connectivity index (χ2v) is 9.19. The van der Waals surface area contributed by atoms with Gasteiger partial charge in [0, 0.05) is 33.4 Å². The van der Waals surface area contributed by atoms with Gasteiger partial charge in [0.1, 0.15) is 0 Å². The number of rotatable bonds is 4. The Morgan fingerprint density at radius 3 is 2.38 bits per heavy atom. The van der Waals surface area contributed by atoms with E-state index in [1.165, 1.54) is 5.56 Å². The van der Waals surface area contributed by atoms with Crippen LogP contribution in [0, 0.1) is 0 Å². The normalized spacial score (nSPS) is 15.4. The average Bonchev–Trinajstić information content (AvgIpc) is 3.20. The van der Waals surface area contributed by atoms with Gasteiger partial charge in [-0.15, -0.1) is 0 Å². The molecule has 0 unspecified atom stereocenters. The second-order valence-electron chi connectivity index (χ2n) is 8.28. The number of nitrogens with zero attached hydrogens (tertiary/aromatic N) is 1. The third-order valence-corrected chi connectivity index (χ3v) is 6.73. The molecule has 1 atom stereocenters. The third kappa shape index (κ3) is 3.76. The van der Waals surface area contributed by atoms with Gasteiger partial charge in [0.25, 0.3) is 0 Å². The Kier molecular flexibility index (Phi) is 5.40. The first-order chi connectivity index (χ1) is 15.5. The summed E-state index contributed by atoms with van der Waals surface area (Å²) in [4.78, 5) is 25.3. The summed E-state index contributed by atoms with van der Waals surface area (Å²) in [5.41, 5.74) is 6.52. The number of carbonyl (C=O) groups excluding carboxylic acids is 2. The van der Waals surface area contributed by atoms with Crippen molar-refractivity contribution >= 4 is 27.5 Å². The summed E-state index contributed by atoms with van der Waals surface area (Å²) in [6.07, 6.45) is 1.28. The highest BCUT2D eigenvalue weighted by Gasteiger charge is 2.31. The van der Waals surface area contributed by atoms with Crippen molar-refractivity contribution in [1.82, 2.24) is 4.57 Å². The van der Waals surface area contributed by atoms with Crippen LogP contribution in [0.3, 0.4) is 0 Å². The van der Waals surface area contributed by atoms with Crippen LogP contribution in [0.1, 0.15) is 51.2 Å². The largest absolute Gasteiger partial charge is 0.313 e. The van der Waals surface area contributed by atoms with Gasteiger partial charge in [-0.1, -0.05) is 70.5 Å². The molecule has 1 aromatic heterocycles. The monoisotopic (exact) mass is 483 g/mol. The standard InChI is InChI=1S/C28H22BrNO2/c1-18(31)21-8-5-9-24(14-21)30-26(20-10-12-23(29)13-11-20)17-25-27(30)15-22(16-28(25)32)19-6-3-2-4-7-19/h2-14,17,22H,15-16H2,1H3/t22-/m1/s1. The first-order valence-corrected chi connectivity index (χ1v) is 11.5. The fraction of sp³-hybridized carbons (Fsp3) is 0.143. The fourth-order valence-corrected chi connectivity index (χ4v) is 4.85. The lowest BCUT2D eigenvalue weighted by Gasteiger charge is -2.24. The highest BCUT2D eigenvalue weighted by Crippen LogP contribution is 2.39. The van der Waals surface area contributed by atoms with Crippen LogP contribution in [0.15, 0.2) is 89.4 Å². The molecule has 0 N–H and O–H groups in total. The molecule has 4 heteroatoms. The molecule has 3 nitrogen and oxygen atoms in total. The minimum Gasteiger partial charge on any atom is -0.313 e. The predicted octanol–water partition coefficient (Wildman–Crippen LogP) is 7.02. The number of hydrogen-bond donors (Lipinski definition) is 0. The Morgan fingerprint density at radius 2 is 1.66 bits per heavy atom. The van der Waals surface area contributed by atoms with E-state index in [2.05, 4.69) is 44.8 Å². The number of carbonyl (C=O) groups is 2. The van der Waals surface area contributed by atoms with Crippen LogP contribution >= 0.6 is 15.9 Å². The van der Waals surface area contributed by atoms with Crippen molar-refractivity contribution in [3.63, 3.8) is 0 Å². The molecule has 0 saturated carbocycles. The van der Waals surface area contributed by atoms with Crippen molar-refractivity contribution in [3.8, 4) is 16.9 Å². The molecule has 0 aliphatic heterocycles. The van der Waals surface area contributed by atoms with Gasteiger partial charge < -0.3 is 4.57 Å². The number of ketones is 2. The van der Waals surface area contributed by atoms with Crippen LogP contribution in [0.5, 0.6) is 0 Å². The molecule has 1 aliphatic carbocycles. The smallest absolute Gasteiger partial charge is 0.165 e. The third-order valence-electron chi connectivity index (χ3n) is 6.20. The maximum atomic E-state index is 13.3. The minimum absolute atomic E-state index is 0.0244. The van der Waals surface area contributed by atoms with Gasteiger partial charge in [0.05, 0.1) is 5.69 Å². The van der Waals surface area contributed by atoms with E-state index in [4.69, 9.17) is 0 Å². The Morgan fingerprint density at radius 1 is 0.906 bits per heavy atom. The zero-order valence-electron chi connectivity index (χ0n) is 17.7. The van der Waals surface area contributed by atoms with Crippen LogP contribution in [0.2, 0.25) is 0 Å². The minimum atomic E-state index is 0.0244. The van der Waals surface area contributed by atoms with Crippen molar-refractivity contribution in [3.05, 3.63) is 112 Å². The maximum Gasteiger partial charge on any atom is 0.165 e. The molecule has 158 valence electrons. The van der Waals surface area contributed by atoms with E-state index in [1.54, 1.807) is 6.92 Å². The van der Waals surface area contributed by atoms with Crippen LogP contribution in [-0.2, 0) is 6.42 Å². The summed E-state index contributed by atoms with van der Waals surface area (Å²) in [7, 11) is 0. The first kappa shape index (κ1) is 20.7. The molecule has 0 saturated heterocycles. The average molecular weight is 484 g/mol. The van der Waals surface area contributed by atoms with Gasteiger partial charge in [0.15, 0.2) is 11.6 Å². The molecule has 0 amide bonds. The van der Waals surface area contributed by atoms with Crippen molar-refractivity contribution in [2.45, 2.75) is 25.7 Å².